The summed E-state index contributed by atoms with van der Waals surface area (Å²) in [6.07, 6.45) is 0. The number of halogens is 1. The first-order chi connectivity index (χ1) is 9.49. The minimum absolute atomic E-state index is 0.474. The van der Waals surface area contributed by atoms with Crippen molar-refractivity contribution < 1.29 is 9.47 Å². The third-order valence-electron chi connectivity index (χ3n) is 3.04. The maximum Gasteiger partial charge on any atom is 0.146 e. The molecule has 0 saturated carbocycles. The molecule has 0 saturated heterocycles. The molecular weight excluding hydrogens is 322 g/mol. The lowest BCUT2D eigenvalue weighted by molar-refractivity contribution is 0.390. The number of hydrogen-bond donors (Lipinski definition) is 1. The number of hydrogen-bond acceptors (Lipinski definition) is 5. The zero-order valence-electron chi connectivity index (χ0n) is 11.8. The molecule has 0 aliphatic rings. The third kappa shape index (κ3) is 2.43. The molecule has 106 valence electrons. The van der Waals surface area contributed by atoms with Gasteiger partial charge in [0, 0.05) is 11.1 Å². The van der Waals surface area contributed by atoms with Crippen molar-refractivity contribution in [1.82, 2.24) is 9.97 Å². The topological polar surface area (TPSA) is 70.3 Å². The molecule has 0 amide bonds. The molecule has 1 aromatic carbocycles. The molecule has 0 unspecified atom stereocenters. The van der Waals surface area contributed by atoms with Crippen LogP contribution in [-0.2, 0) is 0 Å². The summed E-state index contributed by atoms with van der Waals surface area (Å²) in [5.74, 6) is 2.45. The largest absolute Gasteiger partial charge is 0.495 e. The normalized spacial score (nSPS) is 10.4. The van der Waals surface area contributed by atoms with Gasteiger partial charge in [-0.3, -0.25) is 0 Å². The van der Waals surface area contributed by atoms with Crippen molar-refractivity contribution in [2.45, 2.75) is 13.8 Å². The molecule has 2 N–H and O–H groups in total. The number of methoxy groups -OCH3 is 2. The van der Waals surface area contributed by atoms with Gasteiger partial charge in [-0.2, -0.15) is 0 Å². The van der Waals surface area contributed by atoms with Gasteiger partial charge in [0.25, 0.3) is 0 Å². The highest BCUT2D eigenvalue weighted by atomic mass is 79.9. The molecule has 0 aliphatic carbocycles. The van der Waals surface area contributed by atoms with Crippen LogP contribution in [-0.4, -0.2) is 24.2 Å². The van der Waals surface area contributed by atoms with E-state index in [2.05, 4.69) is 25.9 Å². The van der Waals surface area contributed by atoms with E-state index in [1.807, 2.05) is 26.0 Å². The summed E-state index contributed by atoms with van der Waals surface area (Å²) in [5, 5.41) is 0. The Morgan fingerprint density at radius 2 is 1.80 bits per heavy atom. The van der Waals surface area contributed by atoms with E-state index in [-0.39, 0.29) is 0 Å². The minimum Gasteiger partial charge on any atom is -0.495 e. The third-order valence-corrected chi connectivity index (χ3v) is 3.79. The summed E-state index contributed by atoms with van der Waals surface area (Å²) in [4.78, 5) is 8.64. The molecule has 1 aromatic heterocycles. The van der Waals surface area contributed by atoms with Crippen LogP contribution in [0.1, 0.15) is 11.4 Å². The zero-order valence-corrected chi connectivity index (χ0v) is 13.4. The number of aryl methyl sites for hydroxylation is 1. The van der Waals surface area contributed by atoms with E-state index in [4.69, 9.17) is 15.2 Å². The molecule has 2 rings (SSSR count). The van der Waals surface area contributed by atoms with Crippen molar-refractivity contribution in [2.24, 2.45) is 0 Å². The fraction of sp³-hybridized carbons (Fsp3) is 0.286. The molecule has 0 bridgehead atoms. The molecule has 2 aromatic rings. The van der Waals surface area contributed by atoms with Crippen LogP contribution in [0.3, 0.4) is 0 Å². The maximum atomic E-state index is 5.92. The maximum absolute atomic E-state index is 5.92. The Labute approximate surface area is 126 Å². The number of nitrogens with zero attached hydrogens (tertiary/aromatic N) is 2. The van der Waals surface area contributed by atoms with Gasteiger partial charge in [-0.05, 0) is 41.9 Å². The number of nitrogen functional groups attached to an aromatic ring is 1. The highest BCUT2D eigenvalue weighted by molar-refractivity contribution is 9.10. The standard InChI is InChI=1S/C14H16BrN3O2/c1-7-12(17-8(2)18-14(7)16)9-5-6-10(19-3)11(15)13(9)20-4/h5-6H,1-4H3,(H2,16,17,18). The Kier molecular flexibility index (Phi) is 4.13. The van der Waals surface area contributed by atoms with Crippen LogP contribution in [0.15, 0.2) is 16.6 Å². The Balaban J connectivity index is 2.73. The lowest BCUT2D eigenvalue weighted by atomic mass is 10.1. The van der Waals surface area contributed by atoms with Crippen molar-refractivity contribution in [2.75, 3.05) is 20.0 Å². The molecule has 20 heavy (non-hydrogen) atoms. The summed E-state index contributed by atoms with van der Waals surface area (Å²) in [7, 11) is 3.22. The Morgan fingerprint density at radius 1 is 1.10 bits per heavy atom. The molecule has 0 atom stereocenters. The van der Waals surface area contributed by atoms with E-state index >= 15 is 0 Å². The van der Waals surface area contributed by atoms with Crippen molar-refractivity contribution in [3.63, 3.8) is 0 Å². The van der Waals surface area contributed by atoms with Crippen molar-refractivity contribution in [3.05, 3.63) is 28.0 Å². The van der Waals surface area contributed by atoms with Crippen LogP contribution >= 0.6 is 15.9 Å². The van der Waals surface area contributed by atoms with Crippen LogP contribution in [0.25, 0.3) is 11.3 Å². The van der Waals surface area contributed by atoms with Crippen molar-refractivity contribution in [1.29, 1.82) is 0 Å². The first-order valence-electron chi connectivity index (χ1n) is 6.01. The predicted octanol–water partition coefficient (Wildman–Crippen LogP) is 3.12. The second kappa shape index (κ2) is 5.66. The van der Waals surface area contributed by atoms with E-state index in [1.165, 1.54) is 0 Å². The number of anilines is 1. The van der Waals surface area contributed by atoms with Gasteiger partial charge in [0.2, 0.25) is 0 Å². The smallest absolute Gasteiger partial charge is 0.146 e. The van der Waals surface area contributed by atoms with E-state index in [9.17, 15) is 0 Å². The fourth-order valence-electron chi connectivity index (χ4n) is 1.99. The molecule has 5 nitrogen and oxygen atoms in total. The van der Waals surface area contributed by atoms with E-state index in [0.717, 1.165) is 21.3 Å². The zero-order chi connectivity index (χ0) is 14.9. The number of rotatable bonds is 3. The monoisotopic (exact) mass is 337 g/mol. The van der Waals surface area contributed by atoms with Crippen LogP contribution in [0.2, 0.25) is 0 Å². The number of ether oxygens (including phenoxy) is 2. The SMILES string of the molecule is COc1ccc(-c2nc(C)nc(N)c2C)c(OC)c1Br. The minimum atomic E-state index is 0.474. The highest BCUT2D eigenvalue weighted by Gasteiger charge is 2.18. The predicted molar refractivity (Wildman–Crippen MR) is 82.2 cm³/mol. The van der Waals surface area contributed by atoms with Gasteiger partial charge in [0.15, 0.2) is 0 Å². The molecule has 0 radical (unpaired) electrons. The Hall–Kier alpha value is -1.82. The van der Waals surface area contributed by atoms with Gasteiger partial charge >= 0.3 is 0 Å². The van der Waals surface area contributed by atoms with Crippen LogP contribution in [0.4, 0.5) is 5.82 Å². The van der Waals surface area contributed by atoms with Gasteiger partial charge in [-0.25, -0.2) is 9.97 Å². The van der Waals surface area contributed by atoms with Gasteiger partial charge in [0.1, 0.15) is 27.6 Å². The van der Waals surface area contributed by atoms with E-state index in [1.54, 1.807) is 14.2 Å². The molecule has 0 aliphatic heterocycles. The number of benzene rings is 1. The second-order valence-electron chi connectivity index (χ2n) is 4.29. The molecule has 1 heterocycles. The van der Waals surface area contributed by atoms with Crippen LogP contribution in [0, 0.1) is 13.8 Å². The fourth-order valence-corrected chi connectivity index (χ4v) is 2.66. The summed E-state index contributed by atoms with van der Waals surface area (Å²) in [6, 6.07) is 3.76. The van der Waals surface area contributed by atoms with Crippen LogP contribution < -0.4 is 15.2 Å². The summed E-state index contributed by atoms with van der Waals surface area (Å²) >= 11 is 3.49. The van der Waals surface area contributed by atoms with Gasteiger partial charge in [-0.15, -0.1) is 0 Å². The Bertz CT molecular complexity index is 659. The quantitative estimate of drug-likeness (QED) is 0.931. The molecule has 0 spiro atoms. The second-order valence-corrected chi connectivity index (χ2v) is 5.09. The highest BCUT2D eigenvalue weighted by Crippen LogP contribution is 2.42. The van der Waals surface area contributed by atoms with E-state index in [0.29, 0.717) is 23.1 Å². The molecular formula is C14H16BrN3O2. The molecule has 6 heteroatoms. The lowest BCUT2D eigenvalue weighted by Gasteiger charge is -2.15. The van der Waals surface area contributed by atoms with E-state index < -0.39 is 0 Å². The summed E-state index contributed by atoms with van der Waals surface area (Å²) in [5.41, 5.74) is 8.34. The molecule has 0 fully saturated rings. The average molecular weight is 338 g/mol. The van der Waals surface area contributed by atoms with Gasteiger partial charge in [0.05, 0.1) is 19.9 Å². The number of aromatic nitrogens is 2. The summed E-state index contributed by atoms with van der Waals surface area (Å²) in [6.45, 7) is 3.70. The first-order valence-corrected chi connectivity index (χ1v) is 6.80. The van der Waals surface area contributed by atoms with Crippen molar-refractivity contribution >= 4 is 21.7 Å². The number of nitrogens with two attached hydrogens (primary N) is 1. The van der Waals surface area contributed by atoms with Crippen LogP contribution in [0.5, 0.6) is 11.5 Å². The van der Waals surface area contributed by atoms with Gasteiger partial charge < -0.3 is 15.2 Å². The Morgan fingerprint density at radius 3 is 2.40 bits per heavy atom. The lowest BCUT2D eigenvalue weighted by Crippen LogP contribution is -2.03. The van der Waals surface area contributed by atoms with Crippen molar-refractivity contribution in [3.8, 4) is 22.8 Å². The first kappa shape index (κ1) is 14.6. The average Bonchev–Trinajstić information content (AvgIpc) is 2.42. The summed E-state index contributed by atoms with van der Waals surface area (Å²) < 4.78 is 11.5. The van der Waals surface area contributed by atoms with Gasteiger partial charge in [-0.1, -0.05) is 0 Å².